The summed E-state index contributed by atoms with van der Waals surface area (Å²) in [6.45, 7) is 3.97. The first-order valence-electron chi connectivity index (χ1n) is 5.27. The van der Waals surface area contributed by atoms with Gasteiger partial charge in [-0.1, -0.05) is 13.3 Å². The van der Waals surface area contributed by atoms with E-state index in [0.717, 1.165) is 30.4 Å². The molecule has 2 N–H and O–H groups in total. The van der Waals surface area contributed by atoms with E-state index in [-0.39, 0.29) is 11.5 Å². The molecule has 0 saturated carbocycles. The van der Waals surface area contributed by atoms with E-state index in [0.29, 0.717) is 0 Å². The Morgan fingerprint density at radius 1 is 1.44 bits per heavy atom. The molecule has 0 amide bonds. The number of ether oxygens (including phenoxy) is 1. The summed E-state index contributed by atoms with van der Waals surface area (Å²) in [4.78, 5) is 10.4. The van der Waals surface area contributed by atoms with Crippen LogP contribution in [0.1, 0.15) is 30.9 Å². The number of unbranched alkanes of at least 4 members (excludes halogenated alkanes) is 1. The summed E-state index contributed by atoms with van der Waals surface area (Å²) in [6.07, 6.45) is 1.58. The van der Waals surface area contributed by atoms with E-state index in [4.69, 9.17) is 5.11 Å². The van der Waals surface area contributed by atoms with Crippen molar-refractivity contribution in [2.45, 2.75) is 33.1 Å². The third-order valence-corrected chi connectivity index (χ3v) is 2.41. The molecule has 1 rings (SSSR count). The predicted octanol–water partition coefficient (Wildman–Crippen LogP) is 3.10. The molecule has 88 valence electrons. The highest BCUT2D eigenvalue weighted by molar-refractivity contribution is 5.63. The zero-order chi connectivity index (χ0) is 12.1. The number of hydrogen-bond acceptors (Lipinski definition) is 3. The maximum Gasteiger partial charge on any atom is 0.511 e. The summed E-state index contributed by atoms with van der Waals surface area (Å²) >= 11 is 0. The molecule has 0 bridgehead atoms. The van der Waals surface area contributed by atoms with Crippen molar-refractivity contribution in [1.82, 2.24) is 0 Å². The van der Waals surface area contributed by atoms with Crippen molar-refractivity contribution in [3.05, 3.63) is 23.3 Å². The van der Waals surface area contributed by atoms with Crippen LogP contribution >= 0.6 is 0 Å². The zero-order valence-electron chi connectivity index (χ0n) is 9.49. The van der Waals surface area contributed by atoms with Crippen molar-refractivity contribution in [2.75, 3.05) is 0 Å². The quantitative estimate of drug-likeness (QED) is 0.609. The van der Waals surface area contributed by atoms with E-state index < -0.39 is 6.16 Å². The smallest absolute Gasteiger partial charge is 0.504 e. The van der Waals surface area contributed by atoms with Crippen LogP contribution < -0.4 is 4.74 Å². The molecule has 0 fully saturated rings. The van der Waals surface area contributed by atoms with Crippen molar-refractivity contribution >= 4 is 6.16 Å². The monoisotopic (exact) mass is 224 g/mol. The number of hydrogen-bond donors (Lipinski definition) is 2. The van der Waals surface area contributed by atoms with Crippen molar-refractivity contribution in [2.24, 2.45) is 0 Å². The molecule has 0 aliphatic rings. The summed E-state index contributed by atoms with van der Waals surface area (Å²) in [5, 5.41) is 18.0. The number of aromatic hydroxyl groups is 1. The van der Waals surface area contributed by atoms with E-state index in [1.807, 2.05) is 6.92 Å². The molecule has 1 aromatic carbocycles. The standard InChI is InChI=1S/C12H16O4/c1-3-4-5-9-7-10(13)11(6-8(9)2)16-12(14)15/h6-7,13H,3-5H2,1-2H3,(H,14,15). The Kier molecular flexibility index (Phi) is 4.17. The zero-order valence-corrected chi connectivity index (χ0v) is 9.49. The SMILES string of the molecule is CCCCc1cc(O)c(OC(=O)O)cc1C. The Bertz CT molecular complexity index is 385. The summed E-state index contributed by atoms with van der Waals surface area (Å²) in [5.41, 5.74) is 1.96. The fourth-order valence-electron chi connectivity index (χ4n) is 1.53. The highest BCUT2D eigenvalue weighted by atomic mass is 16.7. The second-order valence-corrected chi connectivity index (χ2v) is 3.72. The maximum absolute atomic E-state index is 10.4. The molecule has 0 aliphatic carbocycles. The molecule has 0 aliphatic heterocycles. The minimum absolute atomic E-state index is 0.00903. The van der Waals surface area contributed by atoms with Crippen LogP contribution in [0.25, 0.3) is 0 Å². The van der Waals surface area contributed by atoms with Crippen LogP contribution in [0.4, 0.5) is 4.79 Å². The van der Waals surface area contributed by atoms with Crippen LogP contribution in [0.2, 0.25) is 0 Å². The number of benzene rings is 1. The average Bonchev–Trinajstić information content (AvgIpc) is 2.20. The van der Waals surface area contributed by atoms with E-state index in [1.165, 1.54) is 0 Å². The first-order valence-corrected chi connectivity index (χ1v) is 5.27. The molecule has 4 nitrogen and oxygen atoms in total. The second-order valence-electron chi connectivity index (χ2n) is 3.72. The van der Waals surface area contributed by atoms with Gasteiger partial charge in [0.15, 0.2) is 11.5 Å². The summed E-state index contributed by atoms with van der Waals surface area (Å²) in [5.74, 6) is -0.135. The van der Waals surface area contributed by atoms with Gasteiger partial charge < -0.3 is 14.9 Å². The van der Waals surface area contributed by atoms with Crippen LogP contribution in [0.5, 0.6) is 11.5 Å². The Morgan fingerprint density at radius 2 is 2.12 bits per heavy atom. The van der Waals surface area contributed by atoms with Gasteiger partial charge >= 0.3 is 6.16 Å². The Hall–Kier alpha value is -1.71. The molecule has 0 aromatic heterocycles. The lowest BCUT2D eigenvalue weighted by atomic mass is 10.0. The van der Waals surface area contributed by atoms with Crippen LogP contribution in [0.15, 0.2) is 12.1 Å². The van der Waals surface area contributed by atoms with Crippen molar-refractivity contribution < 1.29 is 19.7 Å². The lowest BCUT2D eigenvalue weighted by molar-refractivity contribution is 0.143. The number of aryl methyl sites for hydroxylation is 2. The van der Waals surface area contributed by atoms with Gasteiger partial charge in [-0.3, -0.25) is 0 Å². The van der Waals surface area contributed by atoms with E-state index in [9.17, 15) is 9.90 Å². The summed E-state index contributed by atoms with van der Waals surface area (Å²) in [6, 6.07) is 3.12. The molecular formula is C12H16O4. The average molecular weight is 224 g/mol. The number of carbonyl (C=O) groups is 1. The number of rotatable bonds is 4. The van der Waals surface area contributed by atoms with Gasteiger partial charge in [-0.05, 0) is 43.0 Å². The molecule has 0 unspecified atom stereocenters. The summed E-state index contributed by atoms with van der Waals surface area (Å²) < 4.78 is 4.45. The molecule has 1 aromatic rings. The Labute approximate surface area is 94.5 Å². The van der Waals surface area contributed by atoms with Gasteiger partial charge in [-0.2, -0.15) is 0 Å². The minimum Gasteiger partial charge on any atom is -0.504 e. The number of phenolic OH excluding ortho intramolecular Hbond substituents is 1. The van der Waals surface area contributed by atoms with Gasteiger partial charge in [0.2, 0.25) is 0 Å². The fraction of sp³-hybridized carbons (Fsp3) is 0.417. The topological polar surface area (TPSA) is 66.8 Å². The molecule has 0 spiro atoms. The van der Waals surface area contributed by atoms with Gasteiger partial charge in [-0.25, -0.2) is 4.79 Å². The van der Waals surface area contributed by atoms with E-state index in [2.05, 4.69) is 11.7 Å². The van der Waals surface area contributed by atoms with Gasteiger partial charge in [0.25, 0.3) is 0 Å². The normalized spacial score (nSPS) is 10.1. The van der Waals surface area contributed by atoms with Gasteiger partial charge in [0, 0.05) is 0 Å². The van der Waals surface area contributed by atoms with Crippen LogP contribution in [0.3, 0.4) is 0 Å². The highest BCUT2D eigenvalue weighted by Gasteiger charge is 2.10. The van der Waals surface area contributed by atoms with Crippen molar-refractivity contribution in [3.63, 3.8) is 0 Å². The van der Waals surface area contributed by atoms with Gasteiger partial charge in [0.1, 0.15) is 0 Å². The molecular weight excluding hydrogens is 208 g/mol. The first-order chi connectivity index (χ1) is 7.54. The third kappa shape index (κ3) is 3.15. The predicted molar refractivity (Wildman–Crippen MR) is 60.1 cm³/mol. The molecule has 0 atom stereocenters. The molecule has 0 radical (unpaired) electrons. The van der Waals surface area contributed by atoms with Crippen molar-refractivity contribution in [1.29, 1.82) is 0 Å². The molecule has 0 saturated heterocycles. The molecule has 0 heterocycles. The van der Waals surface area contributed by atoms with Gasteiger partial charge in [0.05, 0.1) is 0 Å². The number of phenols is 1. The van der Waals surface area contributed by atoms with Crippen LogP contribution in [-0.2, 0) is 6.42 Å². The maximum atomic E-state index is 10.4. The third-order valence-electron chi connectivity index (χ3n) is 2.41. The second kappa shape index (κ2) is 5.39. The molecule has 4 heteroatoms. The summed E-state index contributed by atoms with van der Waals surface area (Å²) in [7, 11) is 0. The highest BCUT2D eigenvalue weighted by Crippen LogP contribution is 2.30. The van der Waals surface area contributed by atoms with E-state index in [1.54, 1.807) is 12.1 Å². The Morgan fingerprint density at radius 3 is 2.69 bits per heavy atom. The first kappa shape index (κ1) is 12.4. The lowest BCUT2D eigenvalue weighted by Gasteiger charge is -2.09. The van der Waals surface area contributed by atoms with Gasteiger partial charge in [-0.15, -0.1) is 0 Å². The lowest BCUT2D eigenvalue weighted by Crippen LogP contribution is -2.04. The van der Waals surface area contributed by atoms with Crippen LogP contribution in [0, 0.1) is 6.92 Å². The largest absolute Gasteiger partial charge is 0.511 e. The van der Waals surface area contributed by atoms with Crippen molar-refractivity contribution in [3.8, 4) is 11.5 Å². The Balaban J connectivity index is 2.92. The van der Waals surface area contributed by atoms with E-state index >= 15 is 0 Å². The number of carboxylic acid groups (broad SMARTS) is 1. The van der Waals surface area contributed by atoms with Crippen LogP contribution in [-0.4, -0.2) is 16.4 Å². The fourth-order valence-corrected chi connectivity index (χ4v) is 1.53. The minimum atomic E-state index is -1.42. The molecule has 16 heavy (non-hydrogen) atoms.